The number of rotatable bonds is 13. The van der Waals surface area contributed by atoms with Gasteiger partial charge in [-0.3, -0.25) is 13.9 Å². The normalized spacial score (nSPS) is 13.0. The fraction of sp³-hybridized carbons (Fsp3) is 0.355. The Morgan fingerprint density at radius 3 is 2.37 bits per heavy atom. The number of carbonyl (C=O) groups is 2. The summed E-state index contributed by atoms with van der Waals surface area (Å²) in [5, 5.41) is 2.95. The van der Waals surface area contributed by atoms with Crippen molar-refractivity contribution in [2.24, 2.45) is 0 Å². The Hall–Kier alpha value is -4.05. The van der Waals surface area contributed by atoms with Crippen LogP contribution in [0.4, 0.5) is 5.69 Å². The van der Waals surface area contributed by atoms with Crippen LogP contribution in [0.2, 0.25) is 0 Å². The van der Waals surface area contributed by atoms with E-state index in [1.165, 1.54) is 11.8 Å². The van der Waals surface area contributed by atoms with E-state index >= 15 is 0 Å². The molecular weight excluding hydrogens is 542 g/mol. The second kappa shape index (κ2) is 13.5. The van der Waals surface area contributed by atoms with Crippen molar-refractivity contribution in [2.75, 3.05) is 29.9 Å². The zero-order valence-corrected chi connectivity index (χ0v) is 24.5. The third kappa shape index (κ3) is 7.38. The fourth-order valence-corrected chi connectivity index (χ4v) is 5.70. The van der Waals surface area contributed by atoms with Crippen molar-refractivity contribution in [1.82, 2.24) is 10.2 Å². The topological polar surface area (TPSA) is 105 Å². The van der Waals surface area contributed by atoms with Gasteiger partial charge in [0.2, 0.25) is 28.6 Å². The lowest BCUT2D eigenvalue weighted by Gasteiger charge is -2.34. The van der Waals surface area contributed by atoms with Crippen LogP contribution in [0, 0.1) is 6.92 Å². The summed E-state index contributed by atoms with van der Waals surface area (Å²) in [6, 6.07) is 21.1. The van der Waals surface area contributed by atoms with E-state index in [0.29, 0.717) is 18.0 Å². The Bertz CT molecular complexity index is 1460. The Morgan fingerprint density at radius 2 is 1.66 bits per heavy atom. The number of hydrogen-bond donors (Lipinski definition) is 1. The van der Waals surface area contributed by atoms with E-state index in [9.17, 15) is 18.0 Å². The van der Waals surface area contributed by atoms with Gasteiger partial charge in [0, 0.05) is 25.6 Å². The summed E-state index contributed by atoms with van der Waals surface area (Å²) in [5.74, 6) is -0.0765. The smallest absolute Gasteiger partial charge is 0.244 e. The van der Waals surface area contributed by atoms with Gasteiger partial charge in [-0.1, -0.05) is 61.5 Å². The van der Waals surface area contributed by atoms with E-state index in [1.54, 1.807) is 18.2 Å². The first kappa shape index (κ1) is 29.9. The molecule has 1 unspecified atom stereocenters. The minimum absolute atomic E-state index is 0.0382. The predicted octanol–water partition coefficient (Wildman–Crippen LogP) is 4.05. The number of nitrogens with one attached hydrogen (secondary N) is 1. The second-order valence-electron chi connectivity index (χ2n) is 9.89. The molecule has 1 heterocycles. The van der Waals surface area contributed by atoms with Crippen LogP contribution in [0.5, 0.6) is 11.5 Å². The molecule has 9 nitrogen and oxygen atoms in total. The highest BCUT2D eigenvalue weighted by molar-refractivity contribution is 7.92. The van der Waals surface area contributed by atoms with Crippen LogP contribution in [0.15, 0.2) is 72.8 Å². The zero-order chi connectivity index (χ0) is 29.4. The van der Waals surface area contributed by atoms with Crippen molar-refractivity contribution in [3.63, 3.8) is 0 Å². The molecule has 0 radical (unpaired) electrons. The van der Waals surface area contributed by atoms with E-state index in [-0.39, 0.29) is 37.1 Å². The molecule has 41 heavy (non-hydrogen) atoms. The molecule has 0 spiro atoms. The lowest BCUT2D eigenvalue weighted by molar-refractivity contribution is -0.140. The molecule has 0 saturated carbocycles. The minimum atomic E-state index is -3.87. The summed E-state index contributed by atoms with van der Waals surface area (Å²) in [7, 11) is -3.87. The standard InChI is InChI=1S/C31H37N3O6S/c1-4-17-32-31(36)27(18-24-12-7-6-8-13-24)33(20-25-14-10-9-11-23(25)3)30(35)21-34(41(37,38)5-2)26-15-16-28-29(19-26)40-22-39-28/h6-16,19,27H,4-5,17-18,20-22H2,1-3H3,(H,32,36). The van der Waals surface area contributed by atoms with E-state index in [1.807, 2.05) is 68.4 Å². The van der Waals surface area contributed by atoms with Crippen molar-refractivity contribution in [2.45, 2.75) is 46.2 Å². The molecular formula is C31H37N3O6S. The number of nitrogens with zero attached hydrogens (tertiary/aromatic N) is 2. The lowest BCUT2D eigenvalue weighted by Crippen LogP contribution is -2.53. The molecule has 0 aromatic heterocycles. The lowest BCUT2D eigenvalue weighted by atomic mass is 10.0. The maximum Gasteiger partial charge on any atom is 0.244 e. The van der Waals surface area contributed by atoms with Crippen molar-refractivity contribution in [3.05, 3.63) is 89.5 Å². The SMILES string of the molecule is CCCNC(=O)C(Cc1ccccc1)N(Cc1ccccc1C)C(=O)CN(c1ccc2c(c1)OCO2)S(=O)(=O)CC. The number of fused-ring (bicyclic) bond motifs is 1. The summed E-state index contributed by atoms with van der Waals surface area (Å²) in [5.41, 5.74) is 3.01. The molecule has 4 rings (SSSR count). The van der Waals surface area contributed by atoms with Crippen LogP contribution in [0.3, 0.4) is 0 Å². The van der Waals surface area contributed by atoms with Gasteiger partial charge in [-0.2, -0.15) is 0 Å². The first-order valence-corrected chi connectivity index (χ1v) is 15.4. The van der Waals surface area contributed by atoms with Crippen LogP contribution in [-0.2, 0) is 32.6 Å². The van der Waals surface area contributed by atoms with Gasteiger partial charge >= 0.3 is 0 Å². The number of sulfonamides is 1. The maximum atomic E-state index is 14.2. The number of amides is 2. The summed E-state index contributed by atoms with van der Waals surface area (Å²) in [4.78, 5) is 29.3. The highest BCUT2D eigenvalue weighted by Crippen LogP contribution is 2.36. The third-order valence-electron chi connectivity index (χ3n) is 7.05. The Balaban J connectivity index is 1.74. The molecule has 1 aliphatic rings. The van der Waals surface area contributed by atoms with Crippen LogP contribution >= 0.6 is 0 Å². The molecule has 1 atom stereocenters. The molecule has 10 heteroatoms. The number of benzene rings is 3. The van der Waals surface area contributed by atoms with Crippen molar-refractivity contribution in [1.29, 1.82) is 0 Å². The van der Waals surface area contributed by atoms with Crippen LogP contribution in [0.25, 0.3) is 0 Å². The van der Waals surface area contributed by atoms with Crippen molar-refractivity contribution >= 4 is 27.5 Å². The molecule has 0 fully saturated rings. The molecule has 1 aliphatic heterocycles. The van der Waals surface area contributed by atoms with E-state index in [4.69, 9.17) is 9.47 Å². The monoisotopic (exact) mass is 579 g/mol. The molecule has 2 amide bonds. The van der Waals surface area contributed by atoms with Gasteiger partial charge in [-0.25, -0.2) is 8.42 Å². The number of carbonyl (C=O) groups excluding carboxylic acids is 2. The van der Waals surface area contributed by atoms with Gasteiger partial charge in [0.05, 0.1) is 11.4 Å². The van der Waals surface area contributed by atoms with Gasteiger partial charge < -0.3 is 19.7 Å². The van der Waals surface area contributed by atoms with Crippen LogP contribution in [0.1, 0.15) is 37.0 Å². The van der Waals surface area contributed by atoms with Gasteiger partial charge in [0.1, 0.15) is 12.6 Å². The third-order valence-corrected chi connectivity index (χ3v) is 8.79. The Morgan fingerprint density at radius 1 is 0.951 bits per heavy atom. The Labute approximate surface area is 242 Å². The zero-order valence-electron chi connectivity index (χ0n) is 23.7. The largest absolute Gasteiger partial charge is 0.454 e. The van der Waals surface area contributed by atoms with E-state index < -0.39 is 28.5 Å². The highest BCUT2D eigenvalue weighted by atomic mass is 32.2. The van der Waals surface area contributed by atoms with Crippen LogP contribution < -0.4 is 19.1 Å². The predicted molar refractivity (Wildman–Crippen MR) is 158 cm³/mol. The molecule has 0 aliphatic carbocycles. The molecule has 1 N–H and O–H groups in total. The summed E-state index contributed by atoms with van der Waals surface area (Å²) in [6.07, 6.45) is 1.01. The number of hydrogen-bond acceptors (Lipinski definition) is 6. The highest BCUT2D eigenvalue weighted by Gasteiger charge is 2.34. The van der Waals surface area contributed by atoms with Crippen molar-refractivity contribution < 1.29 is 27.5 Å². The average molecular weight is 580 g/mol. The minimum Gasteiger partial charge on any atom is -0.454 e. The summed E-state index contributed by atoms with van der Waals surface area (Å²) in [6.45, 7) is 5.60. The first-order valence-electron chi connectivity index (χ1n) is 13.8. The van der Waals surface area contributed by atoms with Gasteiger partial charge in [0.25, 0.3) is 0 Å². The molecule has 0 saturated heterocycles. The summed E-state index contributed by atoms with van der Waals surface area (Å²) >= 11 is 0. The fourth-order valence-electron chi connectivity index (χ4n) is 4.65. The quantitative estimate of drug-likeness (QED) is 0.328. The van der Waals surface area contributed by atoms with Gasteiger partial charge in [-0.05, 0) is 49.1 Å². The van der Waals surface area contributed by atoms with Gasteiger partial charge in [-0.15, -0.1) is 0 Å². The molecule has 3 aromatic rings. The number of aryl methyl sites for hydroxylation is 1. The molecule has 218 valence electrons. The van der Waals surface area contributed by atoms with Crippen LogP contribution in [-0.4, -0.2) is 56.8 Å². The van der Waals surface area contributed by atoms with Gasteiger partial charge in [0.15, 0.2) is 11.5 Å². The maximum absolute atomic E-state index is 14.2. The Kier molecular flexibility index (Phi) is 9.88. The van der Waals surface area contributed by atoms with E-state index in [2.05, 4.69) is 5.32 Å². The first-order chi connectivity index (χ1) is 19.7. The molecule has 0 bridgehead atoms. The number of ether oxygens (including phenoxy) is 2. The summed E-state index contributed by atoms with van der Waals surface area (Å²) < 4.78 is 38.6. The number of anilines is 1. The average Bonchev–Trinajstić information content (AvgIpc) is 3.45. The van der Waals surface area contributed by atoms with E-state index in [0.717, 1.165) is 27.4 Å². The van der Waals surface area contributed by atoms with Crippen molar-refractivity contribution in [3.8, 4) is 11.5 Å². The second-order valence-corrected chi connectivity index (χ2v) is 12.1. The molecule has 3 aromatic carbocycles.